The molecule has 1 amide bonds. The van der Waals surface area contributed by atoms with E-state index in [0.717, 1.165) is 0 Å². The Morgan fingerprint density at radius 2 is 1.86 bits per heavy atom. The summed E-state index contributed by atoms with van der Waals surface area (Å²) in [5.41, 5.74) is 12.8. The van der Waals surface area contributed by atoms with Crippen molar-refractivity contribution in [3.8, 4) is 5.75 Å². The highest BCUT2D eigenvalue weighted by atomic mass is 32.2. The number of carboxylic acid groups (broad SMARTS) is 1. The quantitative estimate of drug-likeness (QED) is 0.260. The van der Waals surface area contributed by atoms with E-state index in [4.69, 9.17) is 26.4 Å². The lowest BCUT2D eigenvalue weighted by molar-refractivity contribution is -0.140. The molecule has 1 heterocycles. The number of hydrogen-bond acceptors (Lipinski definition) is 8. The first-order chi connectivity index (χ1) is 16.5. The van der Waals surface area contributed by atoms with Gasteiger partial charge in [0.1, 0.15) is 18.2 Å². The summed E-state index contributed by atoms with van der Waals surface area (Å²) >= 11 is 0. The number of nitrogens with one attached hydrogen (secondary N) is 1. The number of benzene rings is 2. The Morgan fingerprint density at radius 3 is 2.40 bits per heavy atom. The summed E-state index contributed by atoms with van der Waals surface area (Å²) in [4.78, 5) is 23.0. The molecule has 188 valence electrons. The molecule has 0 aromatic heterocycles. The van der Waals surface area contributed by atoms with Gasteiger partial charge in [-0.05, 0) is 48.4 Å². The third-order valence-corrected chi connectivity index (χ3v) is 7.95. The molecule has 2 unspecified atom stereocenters. The summed E-state index contributed by atoms with van der Waals surface area (Å²) in [6.45, 7) is 1.98. The number of nitrogen functional groups attached to an aromatic ring is 1. The topological polar surface area (TPSA) is 186 Å². The van der Waals surface area contributed by atoms with Crippen LogP contribution in [0.15, 0.2) is 48.5 Å². The number of sulfone groups is 1. The minimum atomic E-state index is -4.06. The Hall–Kier alpha value is -3.64. The maximum absolute atomic E-state index is 12.4. The Kier molecular flexibility index (Phi) is 7.66. The van der Waals surface area contributed by atoms with Crippen molar-refractivity contribution < 1.29 is 32.6 Å². The molecule has 11 nitrogen and oxygen atoms in total. The van der Waals surface area contributed by atoms with Crippen molar-refractivity contribution in [2.45, 2.75) is 30.7 Å². The van der Waals surface area contributed by atoms with Gasteiger partial charge >= 0.3 is 12.1 Å². The van der Waals surface area contributed by atoms with Crippen LogP contribution >= 0.6 is 0 Å². The highest BCUT2D eigenvalue weighted by Crippen LogP contribution is 2.24. The van der Waals surface area contributed by atoms with Crippen LogP contribution in [0, 0.1) is 5.41 Å². The monoisotopic (exact) mass is 504 g/mol. The highest BCUT2D eigenvalue weighted by molar-refractivity contribution is 7.93. The fraction of sp³-hybridized carbons (Fsp3) is 0.348. The van der Waals surface area contributed by atoms with Crippen molar-refractivity contribution >= 4 is 33.4 Å². The number of carbonyl (C=O) groups is 2. The van der Waals surface area contributed by atoms with Crippen LogP contribution < -0.4 is 21.1 Å². The molecule has 1 aliphatic rings. The normalized spacial score (nSPS) is 17.5. The number of rotatable bonds is 11. The number of nitrogens with zero attached hydrogens (tertiary/aromatic N) is 1. The maximum Gasteiger partial charge on any atom is 0.414 e. The van der Waals surface area contributed by atoms with Gasteiger partial charge in [0.15, 0.2) is 15.9 Å². The SMILES string of the molecule is CCCS(=O)(=O)C(N)(Cc1ccc(OCC2CN(c3ccc(C(=N)N)cc3)C(=O)O2)cc1)C(=O)O. The zero-order valence-electron chi connectivity index (χ0n) is 19.1. The molecule has 0 aliphatic carbocycles. The molecule has 2 aromatic rings. The smallest absolute Gasteiger partial charge is 0.414 e. The molecule has 1 fully saturated rings. The van der Waals surface area contributed by atoms with E-state index in [1.165, 1.54) is 4.90 Å². The van der Waals surface area contributed by atoms with Gasteiger partial charge in [-0.2, -0.15) is 0 Å². The predicted octanol–water partition coefficient (Wildman–Crippen LogP) is 1.48. The first kappa shape index (κ1) is 26.0. The number of hydrogen-bond donors (Lipinski definition) is 4. The molecule has 0 radical (unpaired) electrons. The standard InChI is InChI=1S/C23H28N4O7S/c1-2-11-35(31,32)23(26,21(28)29)12-15-3-9-18(10-4-15)33-14-19-13-27(22(30)34-19)17-7-5-16(6-8-17)20(24)25/h3-10,19H,2,11-14,26H2,1H3,(H3,24,25)(H,28,29). The number of aliphatic carboxylic acids is 1. The number of ether oxygens (including phenoxy) is 2. The van der Waals surface area contributed by atoms with Crippen LogP contribution in [0.1, 0.15) is 24.5 Å². The lowest BCUT2D eigenvalue weighted by Crippen LogP contribution is -2.57. The van der Waals surface area contributed by atoms with E-state index in [9.17, 15) is 23.1 Å². The number of nitrogens with two attached hydrogens (primary N) is 2. The molecule has 12 heteroatoms. The Labute approximate surface area is 203 Å². The lowest BCUT2D eigenvalue weighted by Gasteiger charge is -2.24. The van der Waals surface area contributed by atoms with E-state index in [1.807, 2.05) is 0 Å². The summed E-state index contributed by atoms with van der Waals surface area (Å²) in [5, 5.41) is 16.9. The van der Waals surface area contributed by atoms with E-state index in [2.05, 4.69) is 0 Å². The van der Waals surface area contributed by atoms with Crippen LogP contribution in [0.2, 0.25) is 0 Å². The molecule has 0 saturated carbocycles. The molecule has 1 saturated heterocycles. The summed E-state index contributed by atoms with van der Waals surface area (Å²) in [7, 11) is -4.06. The largest absolute Gasteiger partial charge is 0.490 e. The average molecular weight is 505 g/mol. The summed E-state index contributed by atoms with van der Waals surface area (Å²) in [6.07, 6.45) is -1.18. The first-order valence-electron chi connectivity index (χ1n) is 10.9. The summed E-state index contributed by atoms with van der Waals surface area (Å²) in [6, 6.07) is 12.9. The number of anilines is 1. The fourth-order valence-corrected chi connectivity index (χ4v) is 5.16. The number of cyclic esters (lactones) is 1. The van der Waals surface area contributed by atoms with Crippen LogP contribution in [0.3, 0.4) is 0 Å². The molecule has 0 spiro atoms. The molecule has 2 aromatic carbocycles. The molecule has 2 atom stereocenters. The van der Waals surface area contributed by atoms with Gasteiger partial charge in [0.2, 0.25) is 4.87 Å². The second-order valence-electron chi connectivity index (χ2n) is 8.22. The predicted molar refractivity (Wildman–Crippen MR) is 129 cm³/mol. The van der Waals surface area contributed by atoms with Crippen molar-refractivity contribution in [2.24, 2.45) is 11.5 Å². The molecular weight excluding hydrogens is 476 g/mol. The van der Waals surface area contributed by atoms with Gasteiger partial charge in [0, 0.05) is 17.7 Å². The molecule has 1 aliphatic heterocycles. The average Bonchev–Trinajstić information content (AvgIpc) is 3.18. The van der Waals surface area contributed by atoms with Crippen molar-refractivity contribution in [3.05, 3.63) is 59.7 Å². The van der Waals surface area contributed by atoms with Gasteiger partial charge < -0.3 is 26.0 Å². The second-order valence-corrected chi connectivity index (χ2v) is 10.6. The summed E-state index contributed by atoms with van der Waals surface area (Å²) < 4.78 is 35.9. The van der Waals surface area contributed by atoms with Gasteiger partial charge in [-0.15, -0.1) is 0 Å². The second kappa shape index (κ2) is 10.3. The van der Waals surface area contributed by atoms with Gasteiger partial charge in [0.25, 0.3) is 0 Å². The van der Waals surface area contributed by atoms with Crippen LogP contribution in [0.4, 0.5) is 10.5 Å². The molecule has 35 heavy (non-hydrogen) atoms. The minimum absolute atomic E-state index is 0.0689. The Balaban J connectivity index is 1.60. The van der Waals surface area contributed by atoms with Crippen LogP contribution in [0.25, 0.3) is 0 Å². The van der Waals surface area contributed by atoms with Gasteiger partial charge in [-0.1, -0.05) is 19.1 Å². The number of amidine groups is 1. The van der Waals surface area contributed by atoms with Crippen LogP contribution in [-0.2, 0) is 25.8 Å². The van der Waals surface area contributed by atoms with Crippen molar-refractivity contribution in [1.29, 1.82) is 5.41 Å². The van der Waals surface area contributed by atoms with Gasteiger partial charge in [-0.25, -0.2) is 18.0 Å². The number of amides is 1. The Morgan fingerprint density at radius 1 is 1.23 bits per heavy atom. The van der Waals surface area contributed by atoms with E-state index < -0.39 is 32.9 Å². The molecular formula is C23H28N4O7S. The van der Waals surface area contributed by atoms with E-state index in [1.54, 1.807) is 55.5 Å². The maximum atomic E-state index is 12.4. The number of carboxylic acids is 1. The van der Waals surface area contributed by atoms with E-state index in [0.29, 0.717) is 22.6 Å². The first-order valence-corrected chi connectivity index (χ1v) is 12.5. The highest BCUT2D eigenvalue weighted by Gasteiger charge is 2.46. The van der Waals surface area contributed by atoms with Crippen molar-refractivity contribution in [2.75, 3.05) is 23.8 Å². The van der Waals surface area contributed by atoms with Gasteiger partial charge in [-0.3, -0.25) is 10.3 Å². The minimum Gasteiger partial charge on any atom is -0.490 e. The van der Waals surface area contributed by atoms with Gasteiger partial charge in [0.05, 0.1) is 12.3 Å². The van der Waals surface area contributed by atoms with Crippen LogP contribution in [0.5, 0.6) is 5.75 Å². The van der Waals surface area contributed by atoms with Crippen LogP contribution in [-0.4, -0.2) is 61.3 Å². The summed E-state index contributed by atoms with van der Waals surface area (Å²) in [5.74, 6) is -1.56. The van der Waals surface area contributed by atoms with E-state index >= 15 is 0 Å². The zero-order chi connectivity index (χ0) is 25.8. The lowest BCUT2D eigenvalue weighted by atomic mass is 10.1. The van der Waals surface area contributed by atoms with E-state index in [-0.39, 0.29) is 37.6 Å². The molecule has 6 N–H and O–H groups in total. The van der Waals surface area contributed by atoms with Crippen molar-refractivity contribution in [1.82, 2.24) is 0 Å². The third-order valence-electron chi connectivity index (χ3n) is 5.58. The zero-order valence-corrected chi connectivity index (χ0v) is 20.0. The third kappa shape index (κ3) is 5.72. The van der Waals surface area contributed by atoms with Crippen molar-refractivity contribution in [3.63, 3.8) is 0 Å². The number of carbonyl (C=O) groups excluding carboxylic acids is 1. The Bertz CT molecular complexity index is 1200. The molecule has 0 bridgehead atoms. The fourth-order valence-electron chi connectivity index (χ4n) is 3.61. The molecule has 3 rings (SSSR count).